The fourth-order valence-corrected chi connectivity index (χ4v) is 4.06. The van der Waals surface area contributed by atoms with Gasteiger partial charge in [0, 0.05) is 24.4 Å². The number of pyridine rings is 1. The van der Waals surface area contributed by atoms with Crippen molar-refractivity contribution in [2.45, 2.75) is 53.8 Å². The Morgan fingerprint density at radius 2 is 1.88 bits per heavy atom. The van der Waals surface area contributed by atoms with Gasteiger partial charge in [0.2, 0.25) is 12.7 Å². The van der Waals surface area contributed by atoms with Crippen molar-refractivity contribution in [3.63, 3.8) is 0 Å². The Bertz CT molecular complexity index is 883. The lowest BCUT2D eigenvalue weighted by Gasteiger charge is -2.39. The summed E-state index contributed by atoms with van der Waals surface area (Å²) in [4.78, 5) is 40.3. The Morgan fingerprint density at radius 3 is 2.52 bits per heavy atom. The van der Waals surface area contributed by atoms with Crippen molar-refractivity contribution < 1.29 is 42.0 Å². The van der Waals surface area contributed by atoms with Crippen molar-refractivity contribution in [1.29, 1.82) is 0 Å². The lowest BCUT2D eigenvalue weighted by molar-refractivity contribution is -0.163. The highest BCUT2D eigenvalue weighted by atomic mass is 31.2. The normalized spacial score (nSPS) is 22.3. The van der Waals surface area contributed by atoms with Crippen LogP contribution >= 0.6 is 7.82 Å². The third-order valence-corrected chi connectivity index (χ3v) is 5.90. The molecule has 1 aliphatic rings. The Morgan fingerprint density at radius 1 is 1.21 bits per heavy atom. The van der Waals surface area contributed by atoms with Crippen molar-refractivity contribution in [2.75, 3.05) is 19.9 Å². The predicted octanol–water partition coefficient (Wildman–Crippen LogP) is 2.74. The number of phosphoric acid groups is 1. The van der Waals surface area contributed by atoms with Crippen LogP contribution in [0.5, 0.6) is 0 Å². The van der Waals surface area contributed by atoms with Gasteiger partial charge in [0.15, 0.2) is 6.10 Å². The predicted molar refractivity (Wildman–Crippen MR) is 115 cm³/mol. The van der Waals surface area contributed by atoms with Gasteiger partial charge in [-0.05, 0) is 38.5 Å². The van der Waals surface area contributed by atoms with E-state index in [9.17, 15) is 18.9 Å². The second kappa shape index (κ2) is 11.2. The summed E-state index contributed by atoms with van der Waals surface area (Å²) in [5, 5.41) is 2.58. The number of phosphoric ester groups is 1. The molecule has 0 aliphatic carbocycles. The van der Waals surface area contributed by atoms with Crippen molar-refractivity contribution in [2.24, 2.45) is 10.8 Å². The molecule has 0 bridgehead atoms. The lowest BCUT2D eigenvalue weighted by Crippen LogP contribution is -2.50. The molecule has 0 saturated carbocycles. The zero-order chi connectivity index (χ0) is 24.7. The number of nitrogens with zero attached hydrogens (tertiary/aromatic N) is 1. The Labute approximate surface area is 193 Å². The molecule has 2 heterocycles. The Kier molecular flexibility index (Phi) is 9.13. The van der Waals surface area contributed by atoms with Crippen molar-refractivity contribution in [3.05, 3.63) is 30.1 Å². The molecular weight excluding hydrogens is 455 g/mol. The second-order valence-corrected chi connectivity index (χ2v) is 10.8. The summed E-state index contributed by atoms with van der Waals surface area (Å²) < 4.78 is 38.4. The number of ether oxygens (including phenoxy) is 2. The van der Waals surface area contributed by atoms with Crippen LogP contribution in [0, 0.1) is 10.8 Å². The first-order valence-electron chi connectivity index (χ1n) is 10.4. The van der Waals surface area contributed by atoms with Crippen LogP contribution in [0.15, 0.2) is 24.5 Å². The molecule has 2 atom stereocenters. The number of esters is 2. The lowest BCUT2D eigenvalue weighted by atomic mass is 9.87. The standard InChI is InChI=1S/C21H31N2O9P/c1-20(2,3)19(26)29-14-31-33(27)30-13-21(4,5)17(32-33)18(25)23-11-8-16(24)28-12-15-6-9-22-10-7-15/h6-7,9-10,17H,8,11-14H2,1-5H3,(H,23,25)/t17-,33?/m0/s1. The molecular formula is C21H31N2O9P. The number of rotatable bonds is 9. The van der Waals surface area contributed by atoms with Gasteiger partial charge < -0.3 is 14.8 Å². The highest BCUT2D eigenvalue weighted by molar-refractivity contribution is 7.48. The summed E-state index contributed by atoms with van der Waals surface area (Å²) in [7, 11) is -4.14. The fraction of sp³-hybridized carbons (Fsp3) is 0.619. The number of carbonyl (C=O) groups is 3. The topological polar surface area (TPSA) is 139 Å². The first-order chi connectivity index (χ1) is 15.3. The molecule has 1 aromatic heterocycles. The summed E-state index contributed by atoms with van der Waals surface area (Å²) >= 11 is 0. The monoisotopic (exact) mass is 486 g/mol. The van der Waals surface area contributed by atoms with Crippen LogP contribution in [0.1, 0.15) is 46.6 Å². The molecule has 1 aromatic rings. The molecule has 11 nitrogen and oxygen atoms in total. The van der Waals surface area contributed by atoms with E-state index in [2.05, 4.69) is 10.3 Å². The molecule has 184 valence electrons. The van der Waals surface area contributed by atoms with E-state index < -0.39 is 49.4 Å². The Balaban J connectivity index is 1.82. The largest absolute Gasteiger partial charge is 0.478 e. The molecule has 0 spiro atoms. The van der Waals surface area contributed by atoms with E-state index in [0.29, 0.717) is 0 Å². The maximum Gasteiger partial charge on any atom is 0.478 e. The van der Waals surface area contributed by atoms with E-state index >= 15 is 0 Å². The minimum absolute atomic E-state index is 0.000830. The van der Waals surface area contributed by atoms with E-state index in [1.54, 1.807) is 59.1 Å². The van der Waals surface area contributed by atoms with Gasteiger partial charge in [0.05, 0.1) is 18.4 Å². The molecule has 1 aliphatic heterocycles. The smallest absolute Gasteiger partial charge is 0.461 e. The summed E-state index contributed by atoms with van der Waals surface area (Å²) in [6, 6.07) is 3.45. The average molecular weight is 486 g/mol. The van der Waals surface area contributed by atoms with Crippen LogP contribution in [0.4, 0.5) is 0 Å². The number of hydrogen-bond donors (Lipinski definition) is 1. The number of hydrogen-bond acceptors (Lipinski definition) is 10. The van der Waals surface area contributed by atoms with Crippen LogP contribution in [-0.4, -0.2) is 48.9 Å². The molecule has 1 fully saturated rings. The van der Waals surface area contributed by atoms with Gasteiger partial charge in [-0.3, -0.25) is 28.4 Å². The quantitative estimate of drug-likeness (QED) is 0.315. The van der Waals surface area contributed by atoms with Gasteiger partial charge in [-0.15, -0.1) is 0 Å². The fourth-order valence-electron chi connectivity index (χ4n) is 2.55. The highest BCUT2D eigenvalue weighted by Gasteiger charge is 2.49. The van der Waals surface area contributed by atoms with Crippen LogP contribution < -0.4 is 5.32 Å². The van der Waals surface area contributed by atoms with Crippen molar-refractivity contribution in [1.82, 2.24) is 10.3 Å². The maximum absolute atomic E-state index is 12.8. The molecule has 2 rings (SSSR count). The average Bonchev–Trinajstić information content (AvgIpc) is 2.74. The molecule has 33 heavy (non-hydrogen) atoms. The third-order valence-electron chi connectivity index (χ3n) is 4.57. The molecule has 0 radical (unpaired) electrons. The maximum atomic E-state index is 12.8. The minimum atomic E-state index is -4.14. The molecule has 0 aromatic carbocycles. The van der Waals surface area contributed by atoms with Gasteiger partial charge >= 0.3 is 19.8 Å². The summed E-state index contributed by atoms with van der Waals surface area (Å²) in [6.45, 7) is 7.72. The first-order valence-corrected chi connectivity index (χ1v) is 11.9. The summed E-state index contributed by atoms with van der Waals surface area (Å²) in [5.74, 6) is -1.63. The van der Waals surface area contributed by atoms with E-state index in [1.165, 1.54) is 0 Å². The molecule has 1 unspecified atom stereocenters. The van der Waals surface area contributed by atoms with Crippen LogP contribution in [0.25, 0.3) is 0 Å². The van der Waals surface area contributed by atoms with Crippen LogP contribution in [0.3, 0.4) is 0 Å². The van der Waals surface area contributed by atoms with Gasteiger partial charge in [0.1, 0.15) is 6.61 Å². The summed E-state index contributed by atoms with van der Waals surface area (Å²) in [6.07, 6.45) is 1.95. The van der Waals surface area contributed by atoms with Gasteiger partial charge in [-0.2, -0.15) is 0 Å². The third kappa shape index (κ3) is 8.51. The number of amides is 1. The number of aromatic nitrogens is 1. The van der Waals surface area contributed by atoms with E-state index in [-0.39, 0.29) is 26.2 Å². The number of nitrogens with one attached hydrogen (secondary N) is 1. The molecule has 1 saturated heterocycles. The zero-order valence-electron chi connectivity index (χ0n) is 19.5. The minimum Gasteiger partial charge on any atom is -0.461 e. The van der Waals surface area contributed by atoms with Crippen molar-refractivity contribution in [3.8, 4) is 0 Å². The van der Waals surface area contributed by atoms with Crippen LogP contribution in [0.2, 0.25) is 0 Å². The van der Waals surface area contributed by atoms with Crippen LogP contribution in [-0.2, 0) is 48.6 Å². The van der Waals surface area contributed by atoms with Gasteiger partial charge in [-0.25, -0.2) is 9.09 Å². The van der Waals surface area contributed by atoms with E-state index in [4.69, 9.17) is 23.0 Å². The zero-order valence-corrected chi connectivity index (χ0v) is 20.4. The number of carbonyl (C=O) groups excluding carboxylic acids is 3. The first kappa shape index (κ1) is 26.9. The van der Waals surface area contributed by atoms with E-state index in [0.717, 1.165) is 5.56 Å². The molecule has 1 amide bonds. The second-order valence-electron chi connectivity index (χ2n) is 9.18. The van der Waals surface area contributed by atoms with Gasteiger partial charge in [-0.1, -0.05) is 13.8 Å². The highest BCUT2D eigenvalue weighted by Crippen LogP contribution is 2.57. The Hall–Kier alpha value is -2.33. The van der Waals surface area contributed by atoms with Crippen molar-refractivity contribution >= 4 is 25.7 Å². The molecule has 12 heteroatoms. The van der Waals surface area contributed by atoms with Gasteiger partial charge in [0.25, 0.3) is 0 Å². The van der Waals surface area contributed by atoms with E-state index in [1.807, 2.05) is 0 Å². The summed E-state index contributed by atoms with van der Waals surface area (Å²) in [5.41, 5.74) is -0.801. The molecule has 1 N–H and O–H groups in total. The SMILES string of the molecule is CC(C)(C)C(=O)OCOP1(=O)OCC(C)(C)[C@H](C(=O)NCCC(=O)OCc2ccncc2)O1.